The van der Waals surface area contributed by atoms with Crippen LogP contribution in [0.3, 0.4) is 0 Å². The van der Waals surface area contributed by atoms with E-state index in [0.29, 0.717) is 0 Å². The quantitative estimate of drug-likeness (QED) is 0.199. The highest BCUT2D eigenvalue weighted by Crippen LogP contribution is 2.08. The van der Waals surface area contributed by atoms with Crippen molar-refractivity contribution in [2.45, 2.75) is 104 Å². The molecule has 0 radical (unpaired) electrons. The normalized spacial score (nSPS) is 12.3. The summed E-state index contributed by atoms with van der Waals surface area (Å²) in [5.74, 6) is 0. The van der Waals surface area contributed by atoms with E-state index >= 15 is 0 Å². The predicted octanol–water partition coefficient (Wildman–Crippen LogP) is 8.16. The standard InChI is InChI=1S/C22H40/c1-3-5-7-9-11-13-15-17-19-21-22-20-18-16-14-12-10-8-6-4-2/h11,13,17,19-20,22H,3-10,12,14-16,18,21H2,1-2H3/b13-11+,19-17+,22-20+. The maximum Gasteiger partial charge on any atom is -0.0169 e. The van der Waals surface area contributed by atoms with Crippen LogP contribution in [0.4, 0.5) is 0 Å². The van der Waals surface area contributed by atoms with Crippen LogP contribution in [0.5, 0.6) is 0 Å². The summed E-state index contributed by atoms with van der Waals surface area (Å²) in [6, 6.07) is 0. The second kappa shape index (κ2) is 20.2. The van der Waals surface area contributed by atoms with Gasteiger partial charge >= 0.3 is 0 Å². The van der Waals surface area contributed by atoms with Gasteiger partial charge in [0.05, 0.1) is 0 Å². The Balaban J connectivity index is 3.24. The summed E-state index contributed by atoms with van der Waals surface area (Å²) < 4.78 is 0. The lowest BCUT2D eigenvalue weighted by atomic mass is 10.1. The van der Waals surface area contributed by atoms with Crippen LogP contribution in [0.2, 0.25) is 0 Å². The van der Waals surface area contributed by atoms with Crippen molar-refractivity contribution in [3.63, 3.8) is 0 Å². The minimum atomic E-state index is 1.09. The summed E-state index contributed by atoms with van der Waals surface area (Å²) >= 11 is 0. The van der Waals surface area contributed by atoms with Gasteiger partial charge in [-0.05, 0) is 38.5 Å². The van der Waals surface area contributed by atoms with Gasteiger partial charge in [0.25, 0.3) is 0 Å². The van der Waals surface area contributed by atoms with Crippen molar-refractivity contribution < 1.29 is 0 Å². The van der Waals surface area contributed by atoms with Gasteiger partial charge in [-0.25, -0.2) is 0 Å². The van der Waals surface area contributed by atoms with Gasteiger partial charge in [0.1, 0.15) is 0 Å². The number of hydrogen-bond donors (Lipinski definition) is 0. The summed E-state index contributed by atoms with van der Waals surface area (Å²) in [6.45, 7) is 4.54. The third kappa shape index (κ3) is 19.2. The second-order valence-corrected chi connectivity index (χ2v) is 6.29. The highest BCUT2D eigenvalue weighted by molar-refractivity contribution is 4.97. The van der Waals surface area contributed by atoms with Gasteiger partial charge in [0, 0.05) is 0 Å². The molecule has 0 unspecified atom stereocenters. The first-order valence-corrected chi connectivity index (χ1v) is 9.86. The van der Waals surface area contributed by atoms with Crippen molar-refractivity contribution in [2.24, 2.45) is 0 Å². The first kappa shape index (κ1) is 21.2. The number of unbranched alkanes of at least 4 members (excludes halogenated alkanes) is 10. The Labute approximate surface area is 140 Å². The van der Waals surface area contributed by atoms with Gasteiger partial charge in [-0.3, -0.25) is 0 Å². The summed E-state index contributed by atoms with van der Waals surface area (Å²) in [6.07, 6.45) is 32.5. The maximum absolute atomic E-state index is 2.36. The molecule has 0 saturated carbocycles. The Hall–Kier alpha value is -0.780. The molecule has 0 amide bonds. The highest BCUT2D eigenvalue weighted by Gasteiger charge is 1.89. The maximum atomic E-state index is 2.36. The first-order chi connectivity index (χ1) is 10.9. The topological polar surface area (TPSA) is 0 Å². The average Bonchev–Trinajstić information content (AvgIpc) is 2.54. The smallest absolute Gasteiger partial charge is 0.0169 e. The summed E-state index contributed by atoms with van der Waals surface area (Å²) in [4.78, 5) is 0. The van der Waals surface area contributed by atoms with Crippen LogP contribution in [0.15, 0.2) is 36.5 Å². The van der Waals surface area contributed by atoms with Crippen molar-refractivity contribution in [1.82, 2.24) is 0 Å². The van der Waals surface area contributed by atoms with E-state index in [1.807, 2.05) is 0 Å². The highest BCUT2D eigenvalue weighted by atomic mass is 13.9. The Morgan fingerprint density at radius 3 is 1.32 bits per heavy atom. The first-order valence-electron chi connectivity index (χ1n) is 9.86. The molecule has 0 saturated heterocycles. The lowest BCUT2D eigenvalue weighted by molar-refractivity contribution is 0.592. The molecule has 0 atom stereocenters. The van der Waals surface area contributed by atoms with E-state index < -0.39 is 0 Å². The van der Waals surface area contributed by atoms with Gasteiger partial charge in [0.15, 0.2) is 0 Å². The molecule has 128 valence electrons. The molecule has 0 aliphatic heterocycles. The Kier molecular flexibility index (Phi) is 19.5. The van der Waals surface area contributed by atoms with Gasteiger partial charge < -0.3 is 0 Å². The van der Waals surface area contributed by atoms with Crippen molar-refractivity contribution in [1.29, 1.82) is 0 Å². The SMILES string of the molecule is CCCCC/C=C/C/C=C/C/C=C/CCCCCCCCC. The summed E-state index contributed by atoms with van der Waals surface area (Å²) in [5, 5.41) is 0. The molecule has 0 aliphatic carbocycles. The van der Waals surface area contributed by atoms with E-state index in [1.54, 1.807) is 0 Å². The van der Waals surface area contributed by atoms with E-state index in [4.69, 9.17) is 0 Å². The molecule has 0 aromatic rings. The Bertz CT molecular complexity index is 270. The zero-order valence-corrected chi connectivity index (χ0v) is 15.4. The molecule has 0 spiro atoms. The van der Waals surface area contributed by atoms with E-state index in [0.717, 1.165) is 12.8 Å². The molecule has 0 heterocycles. The van der Waals surface area contributed by atoms with Crippen LogP contribution in [-0.2, 0) is 0 Å². The summed E-state index contributed by atoms with van der Waals surface area (Å²) in [7, 11) is 0. The van der Waals surface area contributed by atoms with E-state index in [-0.39, 0.29) is 0 Å². The molecule has 0 aliphatic rings. The molecular weight excluding hydrogens is 264 g/mol. The predicted molar refractivity (Wildman–Crippen MR) is 103 cm³/mol. The molecule has 0 nitrogen and oxygen atoms in total. The fraction of sp³-hybridized carbons (Fsp3) is 0.727. The van der Waals surface area contributed by atoms with Gasteiger partial charge in [-0.15, -0.1) is 0 Å². The molecule has 0 fully saturated rings. The third-order valence-electron chi connectivity index (χ3n) is 3.99. The van der Waals surface area contributed by atoms with Gasteiger partial charge in [0.2, 0.25) is 0 Å². The van der Waals surface area contributed by atoms with E-state index in [9.17, 15) is 0 Å². The Morgan fingerprint density at radius 2 is 0.773 bits per heavy atom. The van der Waals surface area contributed by atoms with Crippen LogP contribution in [0, 0.1) is 0 Å². The minimum Gasteiger partial charge on any atom is -0.0882 e. The van der Waals surface area contributed by atoms with Crippen LogP contribution in [-0.4, -0.2) is 0 Å². The minimum absolute atomic E-state index is 1.09. The van der Waals surface area contributed by atoms with Crippen LogP contribution < -0.4 is 0 Å². The van der Waals surface area contributed by atoms with Gasteiger partial charge in [-0.1, -0.05) is 102 Å². The molecule has 0 bridgehead atoms. The average molecular weight is 305 g/mol. The lowest BCUT2D eigenvalue weighted by Crippen LogP contribution is -1.78. The number of hydrogen-bond acceptors (Lipinski definition) is 0. The molecule has 0 N–H and O–H groups in total. The van der Waals surface area contributed by atoms with E-state index in [2.05, 4.69) is 50.3 Å². The Morgan fingerprint density at radius 1 is 0.409 bits per heavy atom. The monoisotopic (exact) mass is 304 g/mol. The largest absolute Gasteiger partial charge is 0.0882 e. The molecule has 22 heavy (non-hydrogen) atoms. The lowest BCUT2D eigenvalue weighted by Gasteiger charge is -1.98. The molecule has 0 heteroatoms. The molecular formula is C22H40. The zero-order valence-electron chi connectivity index (χ0n) is 15.4. The fourth-order valence-corrected chi connectivity index (χ4v) is 2.51. The van der Waals surface area contributed by atoms with Crippen molar-refractivity contribution in [3.05, 3.63) is 36.5 Å². The van der Waals surface area contributed by atoms with E-state index in [1.165, 1.54) is 77.0 Å². The fourth-order valence-electron chi connectivity index (χ4n) is 2.51. The van der Waals surface area contributed by atoms with Crippen LogP contribution in [0.25, 0.3) is 0 Å². The number of rotatable bonds is 16. The molecule has 0 rings (SSSR count). The zero-order chi connectivity index (χ0) is 16.1. The second-order valence-electron chi connectivity index (χ2n) is 6.29. The van der Waals surface area contributed by atoms with Crippen LogP contribution in [0.1, 0.15) is 104 Å². The van der Waals surface area contributed by atoms with Crippen molar-refractivity contribution >= 4 is 0 Å². The van der Waals surface area contributed by atoms with Gasteiger partial charge in [-0.2, -0.15) is 0 Å². The van der Waals surface area contributed by atoms with Crippen molar-refractivity contribution in [3.8, 4) is 0 Å². The summed E-state index contributed by atoms with van der Waals surface area (Å²) in [5.41, 5.74) is 0. The molecule has 0 aromatic heterocycles. The third-order valence-corrected chi connectivity index (χ3v) is 3.99. The molecule has 0 aromatic carbocycles. The van der Waals surface area contributed by atoms with Crippen molar-refractivity contribution in [2.75, 3.05) is 0 Å². The van der Waals surface area contributed by atoms with Crippen LogP contribution >= 0.6 is 0 Å². The number of allylic oxidation sites excluding steroid dienone is 6.